The topological polar surface area (TPSA) is 106 Å². The van der Waals surface area contributed by atoms with Crippen molar-refractivity contribution >= 4 is 40.8 Å². The Bertz CT molecular complexity index is 1340. The number of amides is 1. The van der Waals surface area contributed by atoms with Gasteiger partial charge in [0.25, 0.3) is 11.5 Å². The number of nitriles is 1. The Hall–Kier alpha value is -3.38. The van der Waals surface area contributed by atoms with Crippen LogP contribution in [0.2, 0.25) is 10.0 Å². The maximum absolute atomic E-state index is 13.2. The molecule has 3 heterocycles. The monoisotopic (exact) mass is 484 g/mol. The highest BCUT2D eigenvalue weighted by Gasteiger charge is 2.20. The summed E-state index contributed by atoms with van der Waals surface area (Å²) in [6, 6.07) is 11.5. The molecule has 1 N–H and O–H groups in total. The maximum atomic E-state index is 13.2. The highest BCUT2D eigenvalue weighted by atomic mass is 35.5. The van der Waals surface area contributed by atoms with Gasteiger partial charge >= 0.3 is 0 Å². The van der Waals surface area contributed by atoms with Crippen molar-refractivity contribution in [2.75, 3.05) is 13.2 Å². The summed E-state index contributed by atoms with van der Waals surface area (Å²) in [6.45, 7) is 0.922. The molecule has 8 nitrogen and oxygen atoms in total. The van der Waals surface area contributed by atoms with Gasteiger partial charge in [0, 0.05) is 24.4 Å². The second kappa shape index (κ2) is 10.0. The Balaban J connectivity index is 1.74. The lowest BCUT2D eigenvalue weighted by Gasteiger charge is -2.12. The van der Waals surface area contributed by atoms with E-state index in [1.54, 1.807) is 24.3 Å². The molecular weight excluding hydrogens is 467 g/mol. The van der Waals surface area contributed by atoms with E-state index in [0.717, 1.165) is 12.8 Å². The van der Waals surface area contributed by atoms with E-state index in [4.69, 9.17) is 32.7 Å². The van der Waals surface area contributed by atoms with Gasteiger partial charge in [-0.25, -0.2) is 0 Å². The first-order valence-electron chi connectivity index (χ1n) is 10.1. The third-order valence-corrected chi connectivity index (χ3v) is 5.53. The molecule has 1 aromatic carbocycles. The lowest BCUT2D eigenvalue weighted by atomic mass is 10.1. The van der Waals surface area contributed by atoms with E-state index in [1.807, 2.05) is 6.07 Å². The summed E-state index contributed by atoms with van der Waals surface area (Å²) in [4.78, 5) is 30.2. The zero-order chi connectivity index (χ0) is 23.4. The average Bonchev–Trinajstić information content (AvgIpc) is 3.33. The molecule has 0 spiro atoms. The number of fused-ring (bicyclic) bond motifs is 1. The second-order valence-corrected chi connectivity index (χ2v) is 8.10. The Kier molecular flexibility index (Phi) is 6.94. The molecule has 1 unspecified atom stereocenters. The summed E-state index contributed by atoms with van der Waals surface area (Å²) in [7, 11) is 0. The Morgan fingerprint density at radius 1 is 1.36 bits per heavy atom. The molecule has 1 atom stereocenters. The van der Waals surface area contributed by atoms with E-state index in [0.29, 0.717) is 17.3 Å². The van der Waals surface area contributed by atoms with Gasteiger partial charge in [0.1, 0.15) is 28.6 Å². The smallest absolute Gasteiger partial charge is 0.269 e. The minimum atomic E-state index is -0.624. The molecule has 1 fully saturated rings. The van der Waals surface area contributed by atoms with Crippen LogP contribution in [0.4, 0.5) is 0 Å². The van der Waals surface area contributed by atoms with Gasteiger partial charge in [-0.3, -0.25) is 14.0 Å². The van der Waals surface area contributed by atoms with Gasteiger partial charge in [0.15, 0.2) is 0 Å². The number of halogens is 2. The lowest BCUT2D eigenvalue weighted by Crippen LogP contribution is -2.32. The normalized spacial score (nSPS) is 15.9. The third kappa shape index (κ3) is 5.17. The number of hydrogen-bond acceptors (Lipinski definition) is 6. The van der Waals surface area contributed by atoms with E-state index >= 15 is 0 Å². The number of rotatable bonds is 6. The zero-order valence-electron chi connectivity index (χ0n) is 17.3. The van der Waals surface area contributed by atoms with Crippen molar-refractivity contribution < 1.29 is 14.3 Å². The van der Waals surface area contributed by atoms with Gasteiger partial charge in [-0.2, -0.15) is 10.2 Å². The van der Waals surface area contributed by atoms with Crippen LogP contribution in [0.1, 0.15) is 18.4 Å². The van der Waals surface area contributed by atoms with Crippen LogP contribution in [0.5, 0.6) is 11.6 Å². The number of nitrogens with zero attached hydrogens (tertiary/aromatic N) is 3. The van der Waals surface area contributed by atoms with Crippen LogP contribution < -0.4 is 15.6 Å². The molecule has 1 aliphatic rings. The summed E-state index contributed by atoms with van der Waals surface area (Å²) in [6.07, 6.45) is 4.37. The molecule has 1 saturated heterocycles. The fourth-order valence-electron chi connectivity index (χ4n) is 3.35. The van der Waals surface area contributed by atoms with E-state index in [-0.39, 0.29) is 40.4 Å². The molecule has 4 rings (SSSR count). The first-order valence-corrected chi connectivity index (χ1v) is 10.9. The number of pyridine rings is 1. The fraction of sp³-hybridized carbons (Fsp3) is 0.217. The molecule has 168 valence electrons. The highest BCUT2D eigenvalue weighted by molar-refractivity contribution is 6.35. The van der Waals surface area contributed by atoms with Gasteiger partial charge in [0.05, 0.1) is 11.1 Å². The number of carbonyl (C=O) groups is 1. The largest absolute Gasteiger partial charge is 0.437 e. The van der Waals surface area contributed by atoms with Crippen molar-refractivity contribution in [3.8, 4) is 17.7 Å². The molecule has 10 heteroatoms. The molecule has 1 aliphatic heterocycles. The first-order chi connectivity index (χ1) is 16.0. The molecule has 0 saturated carbocycles. The molecular formula is C23H18Cl2N4O4. The average molecular weight is 485 g/mol. The minimum absolute atomic E-state index is 0.0754. The van der Waals surface area contributed by atoms with Gasteiger partial charge in [0.2, 0.25) is 5.88 Å². The van der Waals surface area contributed by atoms with Crippen molar-refractivity contribution in [1.82, 2.24) is 14.7 Å². The summed E-state index contributed by atoms with van der Waals surface area (Å²) in [5.74, 6) is -0.514. The van der Waals surface area contributed by atoms with Crippen LogP contribution in [0.15, 0.2) is 53.0 Å². The van der Waals surface area contributed by atoms with E-state index in [1.165, 1.54) is 28.8 Å². The van der Waals surface area contributed by atoms with Crippen LogP contribution in [0, 0.1) is 11.3 Å². The van der Waals surface area contributed by atoms with E-state index in [2.05, 4.69) is 10.3 Å². The standard InChI is InChI=1S/C23H18Cl2N4O4/c24-15-6-7-19(18(25)11-15)33-22-17(23(31)29-8-2-1-5-20(29)28-22)10-14(12-26)21(30)27-13-16-4-3-9-32-16/h1-2,5-8,10-11,16H,3-4,9,13H2,(H,27,30). The molecule has 3 aromatic rings. The van der Waals surface area contributed by atoms with Crippen LogP contribution in [0.25, 0.3) is 11.7 Å². The number of hydrogen-bond donors (Lipinski definition) is 1. The summed E-state index contributed by atoms with van der Waals surface area (Å²) in [5, 5.41) is 12.9. The van der Waals surface area contributed by atoms with Gasteiger partial charge in [-0.15, -0.1) is 0 Å². The van der Waals surface area contributed by atoms with Crippen LogP contribution in [-0.2, 0) is 9.53 Å². The van der Waals surface area contributed by atoms with Crippen LogP contribution in [-0.4, -0.2) is 34.5 Å². The number of benzene rings is 1. The van der Waals surface area contributed by atoms with Crippen molar-refractivity contribution in [2.24, 2.45) is 0 Å². The summed E-state index contributed by atoms with van der Waals surface area (Å²) in [5.41, 5.74) is -0.537. The van der Waals surface area contributed by atoms with Crippen molar-refractivity contribution in [3.05, 3.63) is 74.1 Å². The third-order valence-electron chi connectivity index (χ3n) is 5.00. The number of nitrogens with one attached hydrogen (secondary N) is 1. The number of ether oxygens (including phenoxy) is 2. The molecule has 2 aromatic heterocycles. The predicted octanol–water partition coefficient (Wildman–Crippen LogP) is 4.00. The van der Waals surface area contributed by atoms with Gasteiger partial charge in [-0.1, -0.05) is 29.3 Å². The SMILES string of the molecule is N#CC(=Cc1c(Oc2ccc(Cl)cc2Cl)nc2ccccn2c1=O)C(=O)NCC1CCCO1. The van der Waals surface area contributed by atoms with Gasteiger partial charge < -0.3 is 14.8 Å². The fourth-order valence-corrected chi connectivity index (χ4v) is 3.79. The molecule has 1 amide bonds. The molecule has 0 radical (unpaired) electrons. The van der Waals surface area contributed by atoms with E-state index in [9.17, 15) is 14.9 Å². The quantitative estimate of drug-likeness (QED) is 0.418. The van der Waals surface area contributed by atoms with Crippen molar-refractivity contribution in [2.45, 2.75) is 18.9 Å². The predicted molar refractivity (Wildman–Crippen MR) is 124 cm³/mol. The van der Waals surface area contributed by atoms with Crippen molar-refractivity contribution in [3.63, 3.8) is 0 Å². The molecule has 0 aliphatic carbocycles. The Labute approximate surface area is 199 Å². The lowest BCUT2D eigenvalue weighted by molar-refractivity contribution is -0.117. The maximum Gasteiger partial charge on any atom is 0.269 e. The van der Waals surface area contributed by atoms with E-state index < -0.39 is 11.5 Å². The molecule has 0 bridgehead atoms. The zero-order valence-corrected chi connectivity index (χ0v) is 18.8. The van der Waals surface area contributed by atoms with Crippen LogP contribution in [0.3, 0.4) is 0 Å². The minimum Gasteiger partial charge on any atom is -0.437 e. The first kappa shape index (κ1) is 22.8. The summed E-state index contributed by atoms with van der Waals surface area (Å²) >= 11 is 12.2. The van der Waals surface area contributed by atoms with Crippen LogP contribution >= 0.6 is 23.2 Å². The van der Waals surface area contributed by atoms with Gasteiger partial charge in [-0.05, 0) is 49.2 Å². The number of aromatic nitrogens is 2. The highest BCUT2D eigenvalue weighted by Crippen LogP contribution is 2.32. The molecule has 33 heavy (non-hydrogen) atoms. The Morgan fingerprint density at radius 3 is 2.94 bits per heavy atom. The Morgan fingerprint density at radius 2 is 2.21 bits per heavy atom. The summed E-state index contributed by atoms with van der Waals surface area (Å²) < 4.78 is 12.6. The van der Waals surface area contributed by atoms with Crippen molar-refractivity contribution in [1.29, 1.82) is 5.26 Å². The second-order valence-electron chi connectivity index (χ2n) is 7.26. The number of carbonyl (C=O) groups excluding carboxylic acids is 1.